The van der Waals surface area contributed by atoms with Crippen molar-refractivity contribution in [1.82, 2.24) is 14.7 Å². The van der Waals surface area contributed by atoms with Crippen LogP contribution < -0.4 is 0 Å². The van der Waals surface area contributed by atoms with Crippen molar-refractivity contribution in [3.05, 3.63) is 0 Å². The van der Waals surface area contributed by atoms with E-state index >= 15 is 0 Å². The lowest BCUT2D eigenvalue weighted by molar-refractivity contribution is -0.138. The Morgan fingerprint density at radius 1 is 1.10 bits per heavy atom. The molecular formula is C13H21N3O4. The number of piperazine rings is 1. The van der Waals surface area contributed by atoms with Crippen molar-refractivity contribution in [1.29, 1.82) is 0 Å². The average molecular weight is 283 g/mol. The molecule has 2 aliphatic heterocycles. The second-order valence-corrected chi connectivity index (χ2v) is 5.09. The van der Waals surface area contributed by atoms with Gasteiger partial charge in [-0.2, -0.15) is 0 Å². The Balaban J connectivity index is 1.73. The molecule has 0 aromatic carbocycles. The molecule has 3 amide bonds. The molecule has 0 aromatic rings. The van der Waals surface area contributed by atoms with Crippen molar-refractivity contribution in [3.63, 3.8) is 0 Å². The maximum absolute atomic E-state index is 12.1. The second-order valence-electron chi connectivity index (χ2n) is 5.09. The molecule has 2 rings (SSSR count). The highest BCUT2D eigenvalue weighted by Crippen LogP contribution is 2.08. The van der Waals surface area contributed by atoms with E-state index in [-0.39, 0.29) is 17.9 Å². The topological polar surface area (TPSA) is 70.2 Å². The molecule has 0 bridgehead atoms. The second kappa shape index (κ2) is 6.58. The predicted octanol–water partition coefficient (Wildman–Crippen LogP) is -0.0905. The van der Waals surface area contributed by atoms with Gasteiger partial charge in [0.1, 0.15) is 0 Å². The van der Waals surface area contributed by atoms with Crippen molar-refractivity contribution in [3.8, 4) is 0 Å². The van der Waals surface area contributed by atoms with E-state index in [0.717, 1.165) is 6.42 Å². The minimum absolute atomic E-state index is 0.0339. The van der Waals surface area contributed by atoms with Gasteiger partial charge in [0.2, 0.25) is 11.8 Å². The van der Waals surface area contributed by atoms with Crippen LogP contribution >= 0.6 is 0 Å². The summed E-state index contributed by atoms with van der Waals surface area (Å²) in [5, 5.41) is 0. The fraction of sp³-hybridized carbons (Fsp3) is 0.769. The number of carbonyl (C=O) groups is 3. The van der Waals surface area contributed by atoms with E-state index in [4.69, 9.17) is 4.74 Å². The van der Waals surface area contributed by atoms with Gasteiger partial charge >= 0.3 is 6.09 Å². The molecule has 0 aliphatic carbocycles. The first kappa shape index (κ1) is 14.6. The van der Waals surface area contributed by atoms with Gasteiger partial charge in [0.05, 0.1) is 6.61 Å². The fourth-order valence-electron chi connectivity index (χ4n) is 2.46. The molecule has 2 heterocycles. The summed E-state index contributed by atoms with van der Waals surface area (Å²) in [5.41, 5.74) is 0. The van der Waals surface area contributed by atoms with Crippen LogP contribution in [0.25, 0.3) is 0 Å². The van der Waals surface area contributed by atoms with Crippen molar-refractivity contribution in [2.24, 2.45) is 0 Å². The molecule has 0 radical (unpaired) electrons. The number of carbonyl (C=O) groups excluding carboxylic acids is 3. The summed E-state index contributed by atoms with van der Waals surface area (Å²) in [4.78, 5) is 39.8. The Hall–Kier alpha value is -1.79. The Kier molecular flexibility index (Phi) is 4.81. The van der Waals surface area contributed by atoms with Gasteiger partial charge in [-0.3, -0.25) is 9.59 Å². The summed E-state index contributed by atoms with van der Waals surface area (Å²) < 4.78 is 4.93. The summed E-state index contributed by atoms with van der Waals surface area (Å²) in [6, 6.07) is 0. The van der Waals surface area contributed by atoms with Crippen LogP contribution in [0.1, 0.15) is 19.8 Å². The summed E-state index contributed by atoms with van der Waals surface area (Å²) in [7, 11) is 0. The molecule has 0 spiro atoms. The Bertz CT molecular complexity index is 391. The first-order chi connectivity index (χ1) is 9.58. The molecule has 20 heavy (non-hydrogen) atoms. The van der Waals surface area contributed by atoms with Crippen molar-refractivity contribution in [2.75, 3.05) is 45.9 Å². The summed E-state index contributed by atoms with van der Waals surface area (Å²) in [6.07, 6.45) is 0.803. The summed E-state index contributed by atoms with van der Waals surface area (Å²) in [6.45, 7) is 5.40. The number of amides is 3. The molecule has 0 saturated carbocycles. The van der Waals surface area contributed by atoms with Gasteiger partial charge in [-0.05, 0) is 6.42 Å². The number of ether oxygens (including phenoxy) is 1. The molecule has 0 unspecified atom stereocenters. The third-order valence-electron chi connectivity index (χ3n) is 3.73. The minimum atomic E-state index is -0.328. The lowest BCUT2D eigenvalue weighted by atomic mass is 10.2. The lowest BCUT2D eigenvalue weighted by Gasteiger charge is -2.34. The number of hydrogen-bond acceptors (Lipinski definition) is 4. The Morgan fingerprint density at radius 2 is 1.75 bits per heavy atom. The van der Waals surface area contributed by atoms with Gasteiger partial charge in [0.15, 0.2) is 0 Å². The SMILES string of the molecule is CC(=O)N1CCN(C(=O)CCN2CCCOC2=O)CC1. The molecule has 7 nitrogen and oxygen atoms in total. The van der Waals surface area contributed by atoms with Crippen LogP contribution in [0.4, 0.5) is 4.79 Å². The highest BCUT2D eigenvalue weighted by atomic mass is 16.6. The molecule has 2 saturated heterocycles. The zero-order chi connectivity index (χ0) is 14.5. The number of cyclic esters (lactones) is 1. The summed E-state index contributed by atoms with van der Waals surface area (Å²) in [5.74, 6) is 0.0831. The Labute approximate surface area is 118 Å². The maximum Gasteiger partial charge on any atom is 0.409 e. The smallest absolute Gasteiger partial charge is 0.409 e. The van der Waals surface area contributed by atoms with Gasteiger partial charge in [-0.15, -0.1) is 0 Å². The first-order valence-corrected chi connectivity index (χ1v) is 7.03. The molecule has 0 aromatic heterocycles. The first-order valence-electron chi connectivity index (χ1n) is 7.03. The molecule has 0 N–H and O–H groups in total. The normalized spacial score (nSPS) is 19.9. The largest absolute Gasteiger partial charge is 0.449 e. The number of hydrogen-bond donors (Lipinski definition) is 0. The predicted molar refractivity (Wildman–Crippen MR) is 71.0 cm³/mol. The van der Waals surface area contributed by atoms with Crippen LogP contribution in [0, 0.1) is 0 Å². The monoisotopic (exact) mass is 283 g/mol. The highest BCUT2D eigenvalue weighted by molar-refractivity contribution is 5.78. The van der Waals surface area contributed by atoms with Crippen molar-refractivity contribution in [2.45, 2.75) is 19.8 Å². The third-order valence-corrected chi connectivity index (χ3v) is 3.73. The van der Waals surface area contributed by atoms with Crippen LogP contribution in [0.5, 0.6) is 0 Å². The molecule has 7 heteroatoms. The highest BCUT2D eigenvalue weighted by Gasteiger charge is 2.24. The van der Waals surface area contributed by atoms with Crippen LogP contribution in [-0.2, 0) is 14.3 Å². The Morgan fingerprint density at radius 3 is 2.35 bits per heavy atom. The van der Waals surface area contributed by atoms with E-state index in [1.807, 2.05) is 0 Å². The summed E-state index contributed by atoms with van der Waals surface area (Å²) >= 11 is 0. The van der Waals surface area contributed by atoms with E-state index in [1.54, 1.807) is 21.6 Å². The number of nitrogens with zero attached hydrogens (tertiary/aromatic N) is 3. The standard InChI is InChI=1S/C13H21N3O4/c1-11(17)14-6-8-15(9-7-14)12(18)3-5-16-4-2-10-20-13(16)19/h2-10H2,1H3. The fourth-order valence-corrected chi connectivity index (χ4v) is 2.46. The van der Waals surface area contributed by atoms with Crippen LogP contribution in [0.15, 0.2) is 0 Å². The molecular weight excluding hydrogens is 262 g/mol. The van der Waals surface area contributed by atoms with Gasteiger partial charge in [0.25, 0.3) is 0 Å². The van der Waals surface area contributed by atoms with Crippen LogP contribution in [-0.4, -0.2) is 78.5 Å². The average Bonchev–Trinajstić information content (AvgIpc) is 2.46. The zero-order valence-electron chi connectivity index (χ0n) is 11.8. The maximum atomic E-state index is 12.1. The van der Waals surface area contributed by atoms with Gasteiger partial charge in [-0.25, -0.2) is 4.79 Å². The molecule has 0 atom stereocenters. The van der Waals surface area contributed by atoms with Gasteiger partial charge in [0, 0.05) is 52.6 Å². The van der Waals surface area contributed by atoms with Crippen molar-refractivity contribution >= 4 is 17.9 Å². The van der Waals surface area contributed by atoms with Gasteiger partial charge in [-0.1, -0.05) is 0 Å². The van der Waals surface area contributed by atoms with Gasteiger partial charge < -0.3 is 19.4 Å². The van der Waals surface area contributed by atoms with Crippen LogP contribution in [0.3, 0.4) is 0 Å². The minimum Gasteiger partial charge on any atom is -0.449 e. The zero-order valence-corrected chi connectivity index (χ0v) is 11.8. The lowest BCUT2D eigenvalue weighted by Crippen LogP contribution is -2.50. The molecule has 2 aliphatic rings. The quantitative estimate of drug-likeness (QED) is 0.726. The van der Waals surface area contributed by atoms with E-state index in [2.05, 4.69) is 0 Å². The third kappa shape index (κ3) is 3.61. The van der Waals surface area contributed by atoms with E-state index in [0.29, 0.717) is 52.3 Å². The van der Waals surface area contributed by atoms with E-state index in [9.17, 15) is 14.4 Å². The van der Waals surface area contributed by atoms with E-state index in [1.165, 1.54) is 0 Å². The molecule has 112 valence electrons. The van der Waals surface area contributed by atoms with E-state index < -0.39 is 0 Å². The number of rotatable bonds is 3. The van der Waals surface area contributed by atoms with Crippen molar-refractivity contribution < 1.29 is 19.1 Å². The molecule has 2 fully saturated rings. The van der Waals surface area contributed by atoms with Crippen LogP contribution in [0.2, 0.25) is 0 Å².